The third kappa shape index (κ3) is 4.04. The van der Waals surface area contributed by atoms with E-state index in [2.05, 4.69) is 0 Å². The SMILES string of the molecule is NC(=O)CN1CCCC(C(=O)N2C[C@@H](C(=O)O)[C@H](c3ccccc3)C2)C1. The summed E-state index contributed by atoms with van der Waals surface area (Å²) in [6, 6.07) is 9.52. The highest BCUT2D eigenvalue weighted by Crippen LogP contribution is 2.34. The molecule has 2 amide bonds. The minimum absolute atomic E-state index is 0.0103. The van der Waals surface area contributed by atoms with Crippen molar-refractivity contribution in [3.63, 3.8) is 0 Å². The van der Waals surface area contributed by atoms with Crippen molar-refractivity contribution in [2.75, 3.05) is 32.7 Å². The first kappa shape index (κ1) is 18.4. The maximum atomic E-state index is 13.0. The van der Waals surface area contributed by atoms with E-state index in [9.17, 15) is 19.5 Å². The van der Waals surface area contributed by atoms with Crippen LogP contribution in [0.1, 0.15) is 24.3 Å². The van der Waals surface area contributed by atoms with Crippen LogP contribution < -0.4 is 5.73 Å². The Bertz CT molecular complexity index is 679. The van der Waals surface area contributed by atoms with Gasteiger partial charge in [-0.15, -0.1) is 0 Å². The number of carbonyl (C=O) groups is 3. The summed E-state index contributed by atoms with van der Waals surface area (Å²) in [5.74, 6) is -2.26. The van der Waals surface area contributed by atoms with Gasteiger partial charge < -0.3 is 15.7 Å². The number of carboxylic acid groups (broad SMARTS) is 1. The summed E-state index contributed by atoms with van der Waals surface area (Å²) in [5, 5.41) is 9.60. The molecular formula is C19H25N3O4. The van der Waals surface area contributed by atoms with Crippen LogP contribution in [0, 0.1) is 11.8 Å². The maximum Gasteiger partial charge on any atom is 0.308 e. The van der Waals surface area contributed by atoms with Crippen molar-refractivity contribution in [2.45, 2.75) is 18.8 Å². The number of primary amides is 1. The second-order valence-electron chi connectivity index (χ2n) is 7.25. The van der Waals surface area contributed by atoms with Gasteiger partial charge in [0.2, 0.25) is 11.8 Å². The number of nitrogens with zero attached hydrogens (tertiary/aromatic N) is 2. The zero-order chi connectivity index (χ0) is 18.7. The van der Waals surface area contributed by atoms with Gasteiger partial charge in [-0.3, -0.25) is 19.3 Å². The first-order chi connectivity index (χ1) is 12.5. The molecule has 3 N–H and O–H groups in total. The molecule has 2 heterocycles. The lowest BCUT2D eigenvalue weighted by Crippen LogP contribution is -2.46. The second-order valence-corrected chi connectivity index (χ2v) is 7.25. The molecular weight excluding hydrogens is 334 g/mol. The van der Waals surface area contributed by atoms with Crippen molar-refractivity contribution in [2.24, 2.45) is 17.6 Å². The highest BCUT2D eigenvalue weighted by Gasteiger charge is 2.42. The number of benzene rings is 1. The lowest BCUT2D eigenvalue weighted by Gasteiger charge is -2.33. The zero-order valence-corrected chi connectivity index (χ0v) is 14.7. The van der Waals surface area contributed by atoms with Gasteiger partial charge in [-0.2, -0.15) is 0 Å². The fourth-order valence-electron chi connectivity index (χ4n) is 4.15. The summed E-state index contributed by atoms with van der Waals surface area (Å²) < 4.78 is 0. The Morgan fingerprint density at radius 2 is 1.85 bits per heavy atom. The smallest absolute Gasteiger partial charge is 0.308 e. The molecule has 0 aliphatic carbocycles. The van der Waals surface area contributed by atoms with Crippen molar-refractivity contribution in [3.8, 4) is 0 Å². The van der Waals surface area contributed by atoms with Crippen molar-refractivity contribution in [3.05, 3.63) is 35.9 Å². The van der Waals surface area contributed by atoms with E-state index in [1.165, 1.54) is 0 Å². The van der Waals surface area contributed by atoms with Gasteiger partial charge in [-0.1, -0.05) is 30.3 Å². The van der Waals surface area contributed by atoms with E-state index < -0.39 is 17.8 Å². The van der Waals surface area contributed by atoms with Crippen molar-refractivity contribution in [1.29, 1.82) is 0 Å². The van der Waals surface area contributed by atoms with Crippen LogP contribution in [0.5, 0.6) is 0 Å². The highest BCUT2D eigenvalue weighted by atomic mass is 16.4. The quantitative estimate of drug-likeness (QED) is 0.797. The van der Waals surface area contributed by atoms with Crippen LogP contribution in [-0.4, -0.2) is 65.4 Å². The molecule has 2 aliphatic rings. The topological polar surface area (TPSA) is 104 Å². The fourth-order valence-corrected chi connectivity index (χ4v) is 4.15. The summed E-state index contributed by atoms with van der Waals surface area (Å²) in [4.78, 5) is 39.4. The number of likely N-dealkylation sites (tertiary alicyclic amines) is 2. The van der Waals surface area contributed by atoms with Crippen LogP contribution in [0.2, 0.25) is 0 Å². The molecule has 26 heavy (non-hydrogen) atoms. The van der Waals surface area contributed by atoms with Crippen LogP contribution in [-0.2, 0) is 14.4 Å². The summed E-state index contributed by atoms with van der Waals surface area (Å²) in [7, 11) is 0. The summed E-state index contributed by atoms with van der Waals surface area (Å²) in [5.41, 5.74) is 6.21. The monoisotopic (exact) mass is 359 g/mol. The fraction of sp³-hybridized carbons (Fsp3) is 0.526. The van der Waals surface area contributed by atoms with Gasteiger partial charge in [0, 0.05) is 25.6 Å². The number of carboxylic acids is 1. The molecule has 0 bridgehead atoms. The number of nitrogens with two attached hydrogens (primary N) is 1. The third-order valence-electron chi connectivity index (χ3n) is 5.41. The van der Waals surface area contributed by atoms with Gasteiger partial charge in [0.25, 0.3) is 0 Å². The number of aliphatic carboxylic acids is 1. The molecule has 3 rings (SSSR count). The molecule has 0 aromatic heterocycles. The minimum Gasteiger partial charge on any atom is -0.481 e. The number of amides is 2. The molecule has 2 aliphatic heterocycles. The van der Waals surface area contributed by atoms with Crippen LogP contribution in [0.15, 0.2) is 30.3 Å². The third-order valence-corrected chi connectivity index (χ3v) is 5.41. The zero-order valence-electron chi connectivity index (χ0n) is 14.7. The molecule has 1 unspecified atom stereocenters. The van der Waals surface area contributed by atoms with Gasteiger partial charge in [0.05, 0.1) is 18.4 Å². The Balaban J connectivity index is 1.70. The van der Waals surface area contributed by atoms with Crippen LogP contribution in [0.3, 0.4) is 0 Å². The van der Waals surface area contributed by atoms with Crippen LogP contribution >= 0.6 is 0 Å². The van der Waals surface area contributed by atoms with E-state index in [4.69, 9.17) is 5.73 Å². The Kier molecular flexibility index (Phi) is 5.56. The van der Waals surface area contributed by atoms with Gasteiger partial charge in [0.1, 0.15) is 0 Å². The average molecular weight is 359 g/mol. The van der Waals surface area contributed by atoms with E-state index in [-0.39, 0.29) is 30.8 Å². The van der Waals surface area contributed by atoms with E-state index in [0.29, 0.717) is 13.1 Å². The lowest BCUT2D eigenvalue weighted by atomic mass is 9.89. The van der Waals surface area contributed by atoms with Gasteiger partial charge >= 0.3 is 5.97 Å². The highest BCUT2D eigenvalue weighted by molar-refractivity contribution is 5.82. The van der Waals surface area contributed by atoms with Crippen molar-refractivity contribution >= 4 is 17.8 Å². The number of hydrogen-bond acceptors (Lipinski definition) is 4. The lowest BCUT2D eigenvalue weighted by molar-refractivity contribution is -0.142. The number of rotatable bonds is 5. The van der Waals surface area contributed by atoms with E-state index in [1.54, 1.807) is 4.90 Å². The van der Waals surface area contributed by atoms with Crippen molar-refractivity contribution in [1.82, 2.24) is 9.80 Å². The number of piperidine rings is 1. The van der Waals surface area contributed by atoms with Crippen LogP contribution in [0.4, 0.5) is 0 Å². The standard InChI is InChI=1S/C19H25N3O4/c20-17(23)12-21-8-4-7-14(9-21)18(24)22-10-15(16(11-22)19(25)26)13-5-2-1-3-6-13/h1-3,5-6,14-16H,4,7-12H2,(H2,20,23)(H,25,26)/t14?,15-,16+/m0/s1. The Labute approximate surface area is 152 Å². The molecule has 2 fully saturated rings. The Morgan fingerprint density at radius 3 is 2.50 bits per heavy atom. The first-order valence-electron chi connectivity index (χ1n) is 9.03. The van der Waals surface area contributed by atoms with E-state index in [1.807, 2.05) is 35.2 Å². The van der Waals surface area contributed by atoms with E-state index >= 15 is 0 Å². The molecule has 1 aromatic carbocycles. The maximum absolute atomic E-state index is 13.0. The second kappa shape index (κ2) is 7.86. The number of carbonyl (C=O) groups excluding carboxylic acids is 2. The average Bonchev–Trinajstić information content (AvgIpc) is 3.07. The molecule has 7 heteroatoms. The van der Waals surface area contributed by atoms with Gasteiger partial charge in [0.15, 0.2) is 0 Å². The van der Waals surface area contributed by atoms with Crippen LogP contribution in [0.25, 0.3) is 0 Å². The normalized spacial score (nSPS) is 26.6. The van der Waals surface area contributed by atoms with Gasteiger partial charge in [-0.25, -0.2) is 0 Å². The van der Waals surface area contributed by atoms with Crippen molar-refractivity contribution < 1.29 is 19.5 Å². The van der Waals surface area contributed by atoms with Gasteiger partial charge in [-0.05, 0) is 24.9 Å². The number of hydrogen-bond donors (Lipinski definition) is 2. The molecule has 0 radical (unpaired) electrons. The Morgan fingerprint density at radius 1 is 1.12 bits per heavy atom. The summed E-state index contributed by atoms with van der Waals surface area (Å²) >= 11 is 0. The molecule has 2 saturated heterocycles. The summed E-state index contributed by atoms with van der Waals surface area (Å²) in [6.45, 7) is 2.09. The molecule has 140 valence electrons. The molecule has 7 nitrogen and oxygen atoms in total. The molecule has 0 spiro atoms. The minimum atomic E-state index is -0.867. The molecule has 1 aromatic rings. The first-order valence-corrected chi connectivity index (χ1v) is 9.03. The Hall–Kier alpha value is -2.41. The predicted octanol–water partition coefficient (Wildman–Crippen LogP) is 0.511. The van der Waals surface area contributed by atoms with E-state index in [0.717, 1.165) is 24.9 Å². The predicted molar refractivity (Wildman–Crippen MR) is 95.2 cm³/mol. The molecule has 0 saturated carbocycles. The molecule has 3 atom stereocenters. The largest absolute Gasteiger partial charge is 0.481 e. The summed E-state index contributed by atoms with van der Waals surface area (Å²) in [6.07, 6.45) is 1.60.